The number of anilines is 3. The van der Waals surface area contributed by atoms with E-state index in [4.69, 9.17) is 5.10 Å². The van der Waals surface area contributed by atoms with E-state index in [-0.39, 0.29) is 0 Å². The molecule has 8 nitrogen and oxygen atoms in total. The molecule has 9 heteroatoms. The third kappa shape index (κ3) is 4.48. The average molecular weight is 507 g/mol. The van der Waals surface area contributed by atoms with Crippen molar-refractivity contribution in [2.45, 2.75) is 6.54 Å². The Bertz CT molecular complexity index is 1900. The Morgan fingerprint density at radius 1 is 0.892 bits per heavy atom. The molecule has 0 saturated heterocycles. The topological polar surface area (TPSA) is 102 Å². The van der Waals surface area contributed by atoms with E-state index < -0.39 is 10.0 Å². The van der Waals surface area contributed by atoms with E-state index in [1.807, 2.05) is 47.3 Å². The van der Waals surface area contributed by atoms with Crippen molar-refractivity contribution in [1.82, 2.24) is 19.7 Å². The van der Waals surface area contributed by atoms with Gasteiger partial charge in [-0.25, -0.2) is 18.4 Å². The first-order chi connectivity index (χ1) is 18.0. The van der Waals surface area contributed by atoms with Crippen LogP contribution in [0.5, 0.6) is 0 Å². The van der Waals surface area contributed by atoms with Crippen molar-refractivity contribution in [2.75, 3.05) is 10.0 Å². The molecule has 2 N–H and O–H groups in total. The number of hydrogen-bond acceptors (Lipinski definition) is 6. The number of sulfonamides is 1. The Kier molecular flexibility index (Phi) is 5.54. The molecule has 0 aliphatic rings. The Hall–Kier alpha value is -4.76. The van der Waals surface area contributed by atoms with E-state index in [1.54, 1.807) is 18.2 Å². The molecule has 0 spiro atoms. The fourth-order valence-corrected chi connectivity index (χ4v) is 4.96. The summed E-state index contributed by atoms with van der Waals surface area (Å²) in [4.78, 5) is 8.80. The van der Waals surface area contributed by atoms with Crippen LogP contribution in [0.1, 0.15) is 5.56 Å². The van der Waals surface area contributed by atoms with Crippen LogP contribution >= 0.6 is 0 Å². The van der Waals surface area contributed by atoms with Gasteiger partial charge in [0.2, 0.25) is 0 Å². The highest BCUT2D eigenvalue weighted by molar-refractivity contribution is 7.95. The van der Waals surface area contributed by atoms with E-state index in [1.165, 1.54) is 11.9 Å². The van der Waals surface area contributed by atoms with Crippen LogP contribution in [-0.4, -0.2) is 28.2 Å². The zero-order valence-corrected chi connectivity index (χ0v) is 20.5. The Balaban J connectivity index is 1.44. The summed E-state index contributed by atoms with van der Waals surface area (Å²) in [6.07, 6.45) is 3.52. The maximum absolute atomic E-state index is 12.0. The molecular formula is C28H22N6O2S. The summed E-state index contributed by atoms with van der Waals surface area (Å²) >= 11 is 0. The van der Waals surface area contributed by atoms with Crippen molar-refractivity contribution in [2.24, 2.45) is 0 Å². The minimum Gasteiger partial charge on any atom is -0.339 e. The van der Waals surface area contributed by atoms with Crippen LogP contribution in [-0.2, 0) is 16.6 Å². The van der Waals surface area contributed by atoms with Crippen molar-refractivity contribution >= 4 is 59.8 Å². The number of fused-ring (bicyclic) bond motifs is 4. The van der Waals surface area contributed by atoms with Crippen molar-refractivity contribution in [3.05, 3.63) is 109 Å². The SMILES string of the molecule is C=CS(=O)(=O)Nc1ccc2ncnc(Nc3cc4cn(Cc5ccccc5)nc4c4ccccc34)c2c1. The first-order valence-corrected chi connectivity index (χ1v) is 13.1. The van der Waals surface area contributed by atoms with E-state index in [2.05, 4.69) is 50.9 Å². The molecule has 0 unspecified atom stereocenters. The fourth-order valence-electron chi connectivity index (χ4n) is 4.42. The van der Waals surface area contributed by atoms with Gasteiger partial charge >= 0.3 is 0 Å². The summed E-state index contributed by atoms with van der Waals surface area (Å²) in [6, 6.07) is 25.5. The lowest BCUT2D eigenvalue weighted by molar-refractivity contribution is 0.609. The highest BCUT2D eigenvalue weighted by Gasteiger charge is 2.13. The molecule has 0 aliphatic heterocycles. The molecule has 0 aliphatic carbocycles. The first kappa shape index (κ1) is 22.7. The maximum Gasteiger partial charge on any atom is 0.254 e. The molecule has 0 amide bonds. The average Bonchev–Trinajstić information content (AvgIpc) is 3.32. The lowest BCUT2D eigenvalue weighted by atomic mass is 10.1. The number of aromatic nitrogens is 4. The zero-order valence-electron chi connectivity index (χ0n) is 19.7. The summed E-state index contributed by atoms with van der Waals surface area (Å²) in [5.41, 5.74) is 4.03. The van der Waals surface area contributed by atoms with Crippen molar-refractivity contribution in [3.63, 3.8) is 0 Å². The van der Waals surface area contributed by atoms with Gasteiger partial charge in [0, 0.05) is 44.5 Å². The monoisotopic (exact) mass is 506 g/mol. The summed E-state index contributed by atoms with van der Waals surface area (Å²) in [6.45, 7) is 4.02. The minimum absolute atomic E-state index is 0.396. The number of benzene rings is 4. The van der Waals surface area contributed by atoms with Crippen molar-refractivity contribution < 1.29 is 8.42 Å². The molecule has 0 atom stereocenters. The minimum atomic E-state index is -3.64. The summed E-state index contributed by atoms with van der Waals surface area (Å²) in [5.74, 6) is 0.561. The zero-order chi connectivity index (χ0) is 25.4. The van der Waals surface area contributed by atoms with Crippen LogP contribution in [0.25, 0.3) is 32.6 Å². The lowest BCUT2D eigenvalue weighted by Crippen LogP contribution is -2.08. The largest absolute Gasteiger partial charge is 0.339 e. The van der Waals surface area contributed by atoms with Gasteiger partial charge < -0.3 is 5.32 Å². The van der Waals surface area contributed by atoms with Gasteiger partial charge in [-0.3, -0.25) is 9.40 Å². The van der Waals surface area contributed by atoms with E-state index >= 15 is 0 Å². The van der Waals surface area contributed by atoms with Crippen LogP contribution in [0.2, 0.25) is 0 Å². The predicted molar refractivity (Wildman–Crippen MR) is 148 cm³/mol. The summed E-state index contributed by atoms with van der Waals surface area (Å²) in [5, 5.41) is 12.9. The van der Waals surface area contributed by atoms with Gasteiger partial charge in [-0.1, -0.05) is 61.2 Å². The van der Waals surface area contributed by atoms with Crippen LogP contribution in [0.4, 0.5) is 17.2 Å². The number of nitrogens with one attached hydrogen (secondary N) is 2. The maximum atomic E-state index is 12.0. The van der Waals surface area contributed by atoms with Gasteiger partial charge in [0.1, 0.15) is 17.7 Å². The second kappa shape index (κ2) is 9.03. The molecule has 37 heavy (non-hydrogen) atoms. The van der Waals surface area contributed by atoms with Gasteiger partial charge in [-0.15, -0.1) is 0 Å². The third-order valence-electron chi connectivity index (χ3n) is 6.12. The van der Waals surface area contributed by atoms with Gasteiger partial charge in [0.15, 0.2) is 0 Å². The summed E-state index contributed by atoms with van der Waals surface area (Å²) < 4.78 is 28.4. The highest BCUT2D eigenvalue weighted by atomic mass is 32.2. The van der Waals surface area contributed by atoms with E-state index in [9.17, 15) is 8.42 Å². The normalized spacial score (nSPS) is 11.7. The number of rotatable bonds is 7. The van der Waals surface area contributed by atoms with E-state index in [0.29, 0.717) is 29.0 Å². The molecule has 0 radical (unpaired) electrons. The smallest absolute Gasteiger partial charge is 0.254 e. The standard InChI is InChI=1S/C28H22N6O2S/c1-2-37(35,36)33-21-12-13-25-24(15-21)28(30-18-29-25)31-26-14-20-17-34(16-19-8-4-3-5-9-19)32-27(20)23-11-7-6-10-22(23)26/h2-15,17-18,33H,1,16H2,(H,29,30,31). The summed E-state index contributed by atoms with van der Waals surface area (Å²) in [7, 11) is -3.64. The van der Waals surface area contributed by atoms with Crippen LogP contribution in [0, 0.1) is 0 Å². The molecular weight excluding hydrogens is 484 g/mol. The first-order valence-electron chi connectivity index (χ1n) is 11.6. The van der Waals surface area contributed by atoms with Gasteiger partial charge in [-0.2, -0.15) is 5.10 Å². The molecule has 4 aromatic carbocycles. The molecule has 2 aromatic heterocycles. The van der Waals surface area contributed by atoms with Gasteiger partial charge in [0.25, 0.3) is 10.0 Å². The van der Waals surface area contributed by atoms with Crippen molar-refractivity contribution in [1.29, 1.82) is 0 Å². The number of nitrogens with zero attached hydrogens (tertiary/aromatic N) is 4. The van der Waals surface area contributed by atoms with Gasteiger partial charge in [0.05, 0.1) is 12.1 Å². The van der Waals surface area contributed by atoms with Crippen molar-refractivity contribution in [3.8, 4) is 0 Å². The molecule has 6 aromatic rings. The second-order valence-electron chi connectivity index (χ2n) is 8.61. The van der Waals surface area contributed by atoms with Crippen LogP contribution < -0.4 is 10.0 Å². The molecule has 2 heterocycles. The molecule has 0 saturated carbocycles. The lowest BCUT2D eigenvalue weighted by Gasteiger charge is -2.13. The van der Waals surface area contributed by atoms with Crippen LogP contribution in [0.3, 0.4) is 0 Å². The fraction of sp³-hybridized carbons (Fsp3) is 0.0357. The molecule has 0 fully saturated rings. The quantitative estimate of drug-likeness (QED) is 0.283. The highest BCUT2D eigenvalue weighted by Crippen LogP contribution is 2.34. The van der Waals surface area contributed by atoms with Gasteiger partial charge in [-0.05, 0) is 29.8 Å². The third-order valence-corrected chi connectivity index (χ3v) is 7.08. The predicted octanol–water partition coefficient (Wildman–Crippen LogP) is 5.81. The number of hydrogen-bond donors (Lipinski definition) is 2. The molecule has 0 bridgehead atoms. The Labute approximate surface area is 213 Å². The Morgan fingerprint density at radius 3 is 2.49 bits per heavy atom. The molecule has 6 rings (SSSR count). The second-order valence-corrected chi connectivity index (χ2v) is 10.2. The molecule has 182 valence electrons. The van der Waals surface area contributed by atoms with E-state index in [0.717, 1.165) is 32.8 Å². The van der Waals surface area contributed by atoms with Crippen LogP contribution in [0.15, 0.2) is 103 Å². The Morgan fingerprint density at radius 2 is 1.68 bits per heavy atom.